The maximum absolute atomic E-state index is 12.8. The highest BCUT2D eigenvalue weighted by molar-refractivity contribution is 9.10. The molecule has 2 aromatic rings. The molecule has 0 radical (unpaired) electrons. The first-order valence-electron chi connectivity index (χ1n) is 9.14. The molecule has 4 rings (SSSR count). The van der Waals surface area contributed by atoms with Gasteiger partial charge in [0.25, 0.3) is 0 Å². The van der Waals surface area contributed by atoms with Crippen LogP contribution in [-0.4, -0.2) is 34.2 Å². The third-order valence-electron chi connectivity index (χ3n) is 5.65. The van der Waals surface area contributed by atoms with E-state index in [-0.39, 0.29) is 17.4 Å². The van der Waals surface area contributed by atoms with Gasteiger partial charge in [-0.05, 0) is 46.8 Å². The number of urea groups is 1. The Bertz CT molecular complexity index is 821. The quantitative estimate of drug-likeness (QED) is 0.793. The topological polar surface area (TPSA) is 71.3 Å². The molecule has 1 aromatic heterocycles. The zero-order valence-corrected chi connectivity index (χ0v) is 16.6. The Labute approximate surface area is 161 Å². The lowest BCUT2D eigenvalue weighted by atomic mass is 9.80. The molecule has 2 fully saturated rings. The number of halogens is 1. The third-order valence-corrected chi connectivity index (χ3v) is 6.35. The van der Waals surface area contributed by atoms with E-state index >= 15 is 0 Å². The summed E-state index contributed by atoms with van der Waals surface area (Å²) in [4.78, 5) is 19.4. The number of amides is 2. The molecule has 2 amide bonds. The van der Waals surface area contributed by atoms with E-state index in [2.05, 4.69) is 31.4 Å². The number of nitrogens with one attached hydrogen (secondary N) is 1. The van der Waals surface area contributed by atoms with Crippen molar-refractivity contribution in [2.24, 2.45) is 5.92 Å². The summed E-state index contributed by atoms with van der Waals surface area (Å²) >= 11 is 3.48. The van der Waals surface area contributed by atoms with Gasteiger partial charge in [0.2, 0.25) is 5.89 Å². The predicted molar refractivity (Wildman–Crippen MR) is 102 cm³/mol. The second kappa shape index (κ2) is 6.68. The van der Waals surface area contributed by atoms with Crippen LogP contribution in [0.5, 0.6) is 0 Å². The highest BCUT2D eigenvalue weighted by atomic mass is 79.9. The van der Waals surface area contributed by atoms with E-state index in [1.807, 2.05) is 43.0 Å². The molecular formula is C19H23BrN4O2. The van der Waals surface area contributed by atoms with Crippen molar-refractivity contribution in [1.29, 1.82) is 0 Å². The van der Waals surface area contributed by atoms with Gasteiger partial charge in [-0.25, -0.2) is 4.79 Å². The van der Waals surface area contributed by atoms with E-state index in [0.29, 0.717) is 18.4 Å². The Morgan fingerprint density at radius 1 is 1.42 bits per heavy atom. The molecule has 1 aromatic carbocycles. The van der Waals surface area contributed by atoms with Crippen LogP contribution >= 0.6 is 15.9 Å². The molecule has 7 heteroatoms. The molecule has 2 heterocycles. The molecule has 1 saturated heterocycles. The number of fused-ring (bicyclic) bond motifs is 1. The molecule has 2 aliphatic rings. The zero-order chi connectivity index (χ0) is 18.3. The highest BCUT2D eigenvalue weighted by Gasteiger charge is 2.54. The number of likely N-dealkylation sites (tertiary alicyclic amines) is 1. The van der Waals surface area contributed by atoms with Crippen molar-refractivity contribution in [2.75, 3.05) is 18.4 Å². The van der Waals surface area contributed by atoms with E-state index in [4.69, 9.17) is 4.52 Å². The smallest absolute Gasteiger partial charge is 0.321 e. The van der Waals surface area contributed by atoms with Crippen LogP contribution in [0, 0.1) is 5.92 Å². The summed E-state index contributed by atoms with van der Waals surface area (Å²) < 4.78 is 6.34. The zero-order valence-electron chi connectivity index (χ0n) is 15.0. The monoisotopic (exact) mass is 418 g/mol. The van der Waals surface area contributed by atoms with Crippen molar-refractivity contribution in [1.82, 2.24) is 15.0 Å². The minimum Gasteiger partial charge on any atom is -0.339 e. The van der Waals surface area contributed by atoms with Crippen LogP contribution in [-0.2, 0) is 5.41 Å². The summed E-state index contributed by atoms with van der Waals surface area (Å²) in [6.45, 7) is 5.48. The molecular weight excluding hydrogens is 396 g/mol. The number of anilines is 1. The number of benzene rings is 1. The number of hydrogen-bond acceptors (Lipinski definition) is 4. The van der Waals surface area contributed by atoms with Gasteiger partial charge in [-0.15, -0.1) is 0 Å². The molecule has 26 heavy (non-hydrogen) atoms. The average molecular weight is 419 g/mol. The van der Waals surface area contributed by atoms with Crippen LogP contribution < -0.4 is 5.32 Å². The van der Waals surface area contributed by atoms with Crippen molar-refractivity contribution >= 4 is 27.6 Å². The summed E-state index contributed by atoms with van der Waals surface area (Å²) in [5.41, 5.74) is 0.618. The molecule has 138 valence electrons. The molecule has 0 spiro atoms. The van der Waals surface area contributed by atoms with Crippen molar-refractivity contribution in [3.8, 4) is 0 Å². The van der Waals surface area contributed by atoms with E-state index in [1.165, 1.54) is 0 Å². The Hall–Kier alpha value is -1.89. The van der Waals surface area contributed by atoms with Crippen LogP contribution in [0.25, 0.3) is 0 Å². The molecule has 0 unspecified atom stereocenters. The number of rotatable bonds is 3. The van der Waals surface area contributed by atoms with E-state index < -0.39 is 0 Å². The minimum atomic E-state index is -0.165. The summed E-state index contributed by atoms with van der Waals surface area (Å²) in [5.74, 6) is 2.06. The third kappa shape index (κ3) is 2.92. The Balaban J connectivity index is 1.54. The van der Waals surface area contributed by atoms with Crippen LogP contribution in [0.1, 0.15) is 50.7 Å². The minimum absolute atomic E-state index is 0.0711. The average Bonchev–Trinajstić information content (AvgIpc) is 3.30. The second-order valence-electron chi connectivity index (χ2n) is 7.65. The second-order valence-corrected chi connectivity index (χ2v) is 8.50. The highest BCUT2D eigenvalue weighted by Crippen LogP contribution is 2.49. The number of carbonyl (C=O) groups is 1. The fourth-order valence-corrected chi connectivity index (χ4v) is 4.62. The van der Waals surface area contributed by atoms with Gasteiger partial charge in [-0.1, -0.05) is 37.6 Å². The van der Waals surface area contributed by atoms with Gasteiger partial charge in [0.15, 0.2) is 5.82 Å². The van der Waals surface area contributed by atoms with Gasteiger partial charge in [-0.3, -0.25) is 0 Å². The van der Waals surface area contributed by atoms with Crippen molar-refractivity contribution in [2.45, 2.75) is 44.4 Å². The number of aromatic nitrogens is 2. The lowest BCUT2D eigenvalue weighted by Crippen LogP contribution is -2.37. The van der Waals surface area contributed by atoms with Crippen molar-refractivity contribution in [3.63, 3.8) is 0 Å². The van der Waals surface area contributed by atoms with E-state index in [9.17, 15) is 4.79 Å². The van der Waals surface area contributed by atoms with Gasteiger partial charge in [0.1, 0.15) is 0 Å². The van der Waals surface area contributed by atoms with Crippen LogP contribution in [0.4, 0.5) is 10.5 Å². The van der Waals surface area contributed by atoms with Gasteiger partial charge >= 0.3 is 6.03 Å². The maximum atomic E-state index is 12.8. The summed E-state index contributed by atoms with van der Waals surface area (Å²) in [5, 5.41) is 7.30. The number of para-hydroxylation sites is 1. The lowest BCUT2D eigenvalue weighted by molar-refractivity contribution is 0.217. The summed E-state index contributed by atoms with van der Waals surface area (Å²) in [6, 6.07) is 7.58. The first kappa shape index (κ1) is 17.5. The van der Waals surface area contributed by atoms with Crippen LogP contribution in [0.2, 0.25) is 0 Å². The first-order valence-corrected chi connectivity index (χ1v) is 9.93. The lowest BCUT2D eigenvalue weighted by Gasteiger charge is -2.25. The predicted octanol–water partition coefficient (Wildman–Crippen LogP) is 4.54. The standard InChI is InChI=1S/C19H23BrN4O2/c1-12(2)16-22-17(23-26-16)19-9-5-6-13(19)10-24(11-19)18(25)21-15-8-4-3-7-14(15)20/h3-4,7-8,12-13H,5-6,9-11H2,1-2H3,(H,21,25)/t13-,19-/m1/s1. The van der Waals surface area contributed by atoms with Crippen LogP contribution in [0.3, 0.4) is 0 Å². The molecule has 2 atom stereocenters. The molecule has 0 bridgehead atoms. The SMILES string of the molecule is CC(C)c1nc([C@@]23CCC[C@@H]2CN(C(=O)Nc2ccccc2Br)C3)no1. The van der Waals surface area contributed by atoms with Gasteiger partial charge in [0, 0.05) is 23.5 Å². The molecule has 6 nitrogen and oxygen atoms in total. The number of nitrogens with zero attached hydrogens (tertiary/aromatic N) is 3. The van der Waals surface area contributed by atoms with Gasteiger partial charge in [0.05, 0.1) is 11.1 Å². The van der Waals surface area contributed by atoms with E-state index in [1.54, 1.807) is 0 Å². The molecule has 1 aliphatic carbocycles. The van der Waals surface area contributed by atoms with Crippen LogP contribution in [0.15, 0.2) is 33.3 Å². The summed E-state index contributed by atoms with van der Waals surface area (Å²) in [7, 11) is 0. The molecule has 1 N–H and O–H groups in total. The number of hydrogen-bond donors (Lipinski definition) is 1. The summed E-state index contributed by atoms with van der Waals surface area (Å²) in [6.07, 6.45) is 3.26. The normalized spacial score (nSPS) is 24.9. The van der Waals surface area contributed by atoms with Crippen molar-refractivity contribution in [3.05, 3.63) is 40.5 Å². The number of carbonyl (C=O) groups excluding carboxylic acids is 1. The fraction of sp³-hybridized carbons (Fsp3) is 0.526. The van der Waals surface area contributed by atoms with Gasteiger partial charge < -0.3 is 14.7 Å². The molecule has 1 aliphatic heterocycles. The van der Waals surface area contributed by atoms with Gasteiger partial charge in [-0.2, -0.15) is 4.98 Å². The first-order chi connectivity index (χ1) is 12.5. The Morgan fingerprint density at radius 2 is 2.23 bits per heavy atom. The van der Waals surface area contributed by atoms with Crippen molar-refractivity contribution < 1.29 is 9.32 Å². The maximum Gasteiger partial charge on any atom is 0.321 e. The Kier molecular flexibility index (Phi) is 4.50. The van der Waals surface area contributed by atoms with E-state index in [0.717, 1.165) is 41.8 Å². The molecule has 1 saturated carbocycles. The Morgan fingerprint density at radius 3 is 2.96 bits per heavy atom. The fourth-order valence-electron chi connectivity index (χ4n) is 4.24. The largest absolute Gasteiger partial charge is 0.339 e.